The van der Waals surface area contributed by atoms with E-state index in [-0.39, 0.29) is 5.96 Å². The van der Waals surface area contributed by atoms with E-state index >= 15 is 0 Å². The minimum absolute atomic E-state index is 0.333. The van der Waals surface area contributed by atoms with Crippen molar-refractivity contribution < 1.29 is 35.4 Å². The molecule has 0 amide bonds. The molecule has 4 atom stereocenters. The van der Waals surface area contributed by atoms with Gasteiger partial charge in [-0.05, 0) is 0 Å². The molecule has 0 aromatic rings. The number of rotatable bonds is 5. The molecule has 0 saturated heterocycles. The highest BCUT2D eigenvalue weighted by molar-refractivity contribution is 5.72. The van der Waals surface area contributed by atoms with Gasteiger partial charge in [0.25, 0.3) is 0 Å². The van der Waals surface area contributed by atoms with Gasteiger partial charge in [-0.15, -0.1) is 0 Å². The smallest absolute Gasteiger partial charge is 0.335 e. The molecule has 0 spiro atoms. The van der Waals surface area contributed by atoms with Crippen LogP contribution < -0.4 is 11.5 Å². The third-order valence-electron chi connectivity index (χ3n) is 1.51. The molecular formula is C7H17N3O7. The highest BCUT2D eigenvalue weighted by Crippen LogP contribution is 2.04. The number of hydrogen-bond donors (Lipinski definition) is 9. The van der Waals surface area contributed by atoms with Crippen LogP contribution in [0.2, 0.25) is 0 Å². The zero-order chi connectivity index (χ0) is 14.2. The first-order valence-electron chi connectivity index (χ1n) is 4.30. The van der Waals surface area contributed by atoms with Crippen molar-refractivity contribution in [3.05, 3.63) is 0 Å². The summed E-state index contributed by atoms with van der Waals surface area (Å²) in [6.45, 7) is -0.843. The van der Waals surface area contributed by atoms with E-state index in [2.05, 4.69) is 11.5 Å². The number of nitrogens with one attached hydrogen (secondary N) is 1. The number of nitrogens with two attached hydrogens (primary N) is 2. The molecule has 0 aliphatic heterocycles. The van der Waals surface area contributed by atoms with E-state index in [0.29, 0.717) is 0 Å². The quantitative estimate of drug-likeness (QED) is 0.170. The number of hydrogen-bond acceptors (Lipinski definition) is 7. The second-order valence-electron chi connectivity index (χ2n) is 2.97. The van der Waals surface area contributed by atoms with Gasteiger partial charge in [-0.1, -0.05) is 0 Å². The van der Waals surface area contributed by atoms with Crippen molar-refractivity contribution in [3.8, 4) is 0 Å². The number of carboxylic acid groups (broad SMARTS) is 1. The van der Waals surface area contributed by atoms with Gasteiger partial charge in [0.2, 0.25) is 0 Å². The number of aliphatic hydroxyl groups is 5. The maximum absolute atomic E-state index is 10.1. The fourth-order valence-corrected chi connectivity index (χ4v) is 0.668. The van der Waals surface area contributed by atoms with E-state index in [0.717, 1.165) is 0 Å². The van der Waals surface area contributed by atoms with Gasteiger partial charge in [0.05, 0.1) is 6.61 Å². The summed E-state index contributed by atoms with van der Waals surface area (Å²) >= 11 is 0. The van der Waals surface area contributed by atoms with Crippen LogP contribution in [0.4, 0.5) is 0 Å². The van der Waals surface area contributed by atoms with Crippen LogP contribution in [0.1, 0.15) is 0 Å². The minimum Gasteiger partial charge on any atom is -0.479 e. The molecule has 17 heavy (non-hydrogen) atoms. The average Bonchev–Trinajstić information content (AvgIpc) is 2.23. The van der Waals surface area contributed by atoms with Crippen molar-refractivity contribution in [2.45, 2.75) is 24.4 Å². The lowest BCUT2D eigenvalue weighted by atomic mass is 10.0. The molecule has 0 heterocycles. The second-order valence-corrected chi connectivity index (χ2v) is 2.97. The Bertz CT molecular complexity index is 246. The van der Waals surface area contributed by atoms with Gasteiger partial charge in [0.1, 0.15) is 18.3 Å². The Hall–Kier alpha value is -1.46. The molecule has 0 fully saturated rings. The standard InChI is InChI=1S/C6H12O7.CH5N3/c7-1-2(8)3(9)4(10)5(11)6(12)13;2-1(3)4/h2-5,7-11H,1H2,(H,12,13);(H5,2,3,4). The van der Waals surface area contributed by atoms with Crippen molar-refractivity contribution in [1.29, 1.82) is 5.41 Å². The van der Waals surface area contributed by atoms with Crippen LogP contribution in [0.15, 0.2) is 0 Å². The Kier molecular flexibility index (Phi) is 9.13. The summed E-state index contributed by atoms with van der Waals surface area (Å²) < 4.78 is 0. The molecule has 4 unspecified atom stereocenters. The third kappa shape index (κ3) is 8.36. The van der Waals surface area contributed by atoms with E-state index in [1.165, 1.54) is 0 Å². The lowest BCUT2D eigenvalue weighted by molar-refractivity contribution is -0.164. The summed E-state index contributed by atoms with van der Waals surface area (Å²) in [7, 11) is 0. The summed E-state index contributed by atoms with van der Waals surface area (Å²) in [5.74, 6) is -2.06. The zero-order valence-corrected chi connectivity index (χ0v) is 8.76. The number of aliphatic hydroxyl groups excluding tert-OH is 5. The monoisotopic (exact) mass is 255 g/mol. The van der Waals surface area contributed by atoms with Gasteiger partial charge in [-0.25, -0.2) is 4.79 Å². The van der Waals surface area contributed by atoms with Crippen molar-refractivity contribution in [2.24, 2.45) is 11.5 Å². The molecule has 0 aliphatic carbocycles. The van der Waals surface area contributed by atoms with E-state index in [1.54, 1.807) is 0 Å². The number of aliphatic carboxylic acids is 1. The summed E-state index contributed by atoms with van der Waals surface area (Å²) in [6.07, 6.45) is -7.84. The van der Waals surface area contributed by atoms with E-state index in [9.17, 15) is 4.79 Å². The third-order valence-corrected chi connectivity index (χ3v) is 1.51. The van der Waals surface area contributed by atoms with Crippen molar-refractivity contribution in [1.82, 2.24) is 0 Å². The first-order valence-corrected chi connectivity index (χ1v) is 4.30. The van der Waals surface area contributed by atoms with Gasteiger partial charge >= 0.3 is 5.97 Å². The predicted octanol–water partition coefficient (Wildman–Crippen LogP) is -4.65. The summed E-state index contributed by atoms with van der Waals surface area (Å²) in [5.41, 5.74) is 8.94. The molecule has 0 aromatic heterocycles. The largest absolute Gasteiger partial charge is 0.479 e. The van der Waals surface area contributed by atoms with Crippen molar-refractivity contribution in [2.75, 3.05) is 6.61 Å². The normalized spacial score (nSPS) is 17.0. The summed E-state index contributed by atoms with van der Waals surface area (Å²) in [4.78, 5) is 10.1. The Morgan fingerprint density at radius 2 is 1.47 bits per heavy atom. The average molecular weight is 255 g/mol. The topological polar surface area (TPSA) is 214 Å². The molecule has 0 rings (SSSR count). The maximum atomic E-state index is 10.1. The van der Waals surface area contributed by atoms with E-state index < -0.39 is 37.0 Å². The van der Waals surface area contributed by atoms with Gasteiger partial charge in [0, 0.05) is 0 Å². The molecule has 0 aliphatic rings. The molecule has 0 saturated carbocycles. The van der Waals surface area contributed by atoms with E-state index in [1.807, 2.05) is 0 Å². The van der Waals surface area contributed by atoms with Crippen LogP contribution in [0.25, 0.3) is 0 Å². The molecule has 11 N–H and O–H groups in total. The Labute approximate surface area is 96.2 Å². The number of carbonyl (C=O) groups is 1. The van der Waals surface area contributed by atoms with Gasteiger partial charge in [-0.2, -0.15) is 0 Å². The fraction of sp³-hybridized carbons (Fsp3) is 0.714. The Morgan fingerprint density at radius 1 is 1.12 bits per heavy atom. The van der Waals surface area contributed by atoms with Crippen molar-refractivity contribution in [3.63, 3.8) is 0 Å². The van der Waals surface area contributed by atoms with Crippen LogP contribution in [0.5, 0.6) is 0 Å². The van der Waals surface area contributed by atoms with Gasteiger partial charge < -0.3 is 42.1 Å². The fourth-order valence-electron chi connectivity index (χ4n) is 0.668. The summed E-state index contributed by atoms with van der Waals surface area (Å²) in [5, 5.41) is 57.9. The molecule has 10 nitrogen and oxygen atoms in total. The van der Waals surface area contributed by atoms with E-state index in [4.69, 9.17) is 36.0 Å². The first kappa shape index (κ1) is 17.9. The van der Waals surface area contributed by atoms with Crippen LogP contribution in [-0.2, 0) is 4.79 Å². The molecule has 0 radical (unpaired) electrons. The highest BCUT2D eigenvalue weighted by Gasteiger charge is 2.33. The minimum atomic E-state index is -2.20. The van der Waals surface area contributed by atoms with Gasteiger partial charge in [-0.3, -0.25) is 5.41 Å². The molecule has 0 bridgehead atoms. The SMILES string of the molecule is N=C(N)N.O=C(O)C(O)C(O)C(O)C(O)CO. The number of carboxylic acids is 1. The van der Waals surface area contributed by atoms with Crippen LogP contribution in [0.3, 0.4) is 0 Å². The molecule has 10 heteroatoms. The Balaban J connectivity index is 0. The lowest BCUT2D eigenvalue weighted by Crippen LogP contribution is -2.48. The maximum Gasteiger partial charge on any atom is 0.335 e. The highest BCUT2D eigenvalue weighted by atomic mass is 16.4. The first-order chi connectivity index (χ1) is 7.64. The lowest BCUT2D eigenvalue weighted by Gasteiger charge is -2.23. The van der Waals surface area contributed by atoms with Gasteiger partial charge in [0.15, 0.2) is 12.1 Å². The molecule has 102 valence electrons. The Morgan fingerprint density at radius 3 is 1.71 bits per heavy atom. The summed E-state index contributed by atoms with van der Waals surface area (Å²) in [6, 6.07) is 0. The van der Waals surface area contributed by atoms with Crippen molar-refractivity contribution >= 4 is 11.9 Å². The van der Waals surface area contributed by atoms with Crippen LogP contribution >= 0.6 is 0 Å². The molecular weight excluding hydrogens is 238 g/mol. The van der Waals surface area contributed by atoms with Crippen LogP contribution in [-0.4, -0.2) is 73.6 Å². The predicted molar refractivity (Wildman–Crippen MR) is 54.9 cm³/mol. The van der Waals surface area contributed by atoms with Crippen LogP contribution in [0, 0.1) is 5.41 Å². The molecule has 0 aromatic carbocycles. The number of guanidine groups is 1. The zero-order valence-electron chi connectivity index (χ0n) is 8.76. The second kappa shape index (κ2) is 8.66.